The molecule has 1 N–H and O–H groups in total. The van der Waals surface area contributed by atoms with Crippen molar-refractivity contribution in [3.8, 4) is 5.75 Å². The van der Waals surface area contributed by atoms with Gasteiger partial charge in [0.05, 0.1) is 11.6 Å². The normalized spacial score (nSPS) is 12.1. The fourth-order valence-corrected chi connectivity index (χ4v) is 1.25. The zero-order valence-corrected chi connectivity index (χ0v) is 8.72. The van der Waals surface area contributed by atoms with E-state index in [1.165, 1.54) is 18.2 Å². The Morgan fingerprint density at radius 1 is 1.38 bits per heavy atom. The molecule has 0 atom stereocenters. The smallest absolute Gasteiger partial charge is 0.406 e. The number of rotatable bonds is 3. The van der Waals surface area contributed by atoms with Crippen LogP contribution in [0.4, 0.5) is 13.2 Å². The van der Waals surface area contributed by atoms with Crippen LogP contribution in [0.5, 0.6) is 5.75 Å². The van der Waals surface area contributed by atoms with E-state index in [0.29, 0.717) is 5.56 Å². The maximum Gasteiger partial charge on any atom is 0.573 e. The van der Waals surface area contributed by atoms with E-state index in [9.17, 15) is 13.2 Å². The van der Waals surface area contributed by atoms with Gasteiger partial charge in [-0.3, -0.25) is 0 Å². The summed E-state index contributed by atoms with van der Waals surface area (Å²) >= 11 is 5.71. The minimum Gasteiger partial charge on any atom is -0.406 e. The lowest BCUT2D eigenvalue weighted by Crippen LogP contribution is -2.17. The predicted octanol–water partition coefficient (Wildman–Crippen LogP) is 3.24. The van der Waals surface area contributed by atoms with Gasteiger partial charge >= 0.3 is 6.36 Å². The summed E-state index contributed by atoms with van der Waals surface area (Å²) in [7, 11) is 0. The van der Waals surface area contributed by atoms with Gasteiger partial charge < -0.3 is 9.84 Å². The van der Waals surface area contributed by atoms with Crippen LogP contribution in [0.1, 0.15) is 5.56 Å². The largest absolute Gasteiger partial charge is 0.573 e. The lowest BCUT2D eigenvalue weighted by molar-refractivity contribution is -0.274. The van der Waals surface area contributed by atoms with Gasteiger partial charge in [-0.1, -0.05) is 23.8 Å². The quantitative estimate of drug-likeness (QED) is 0.895. The van der Waals surface area contributed by atoms with E-state index in [2.05, 4.69) is 4.74 Å². The van der Waals surface area contributed by atoms with Gasteiger partial charge in [0.2, 0.25) is 0 Å². The molecule has 0 aromatic heterocycles. The van der Waals surface area contributed by atoms with Gasteiger partial charge in [0, 0.05) is 0 Å². The van der Waals surface area contributed by atoms with E-state index in [-0.39, 0.29) is 17.4 Å². The van der Waals surface area contributed by atoms with E-state index in [4.69, 9.17) is 16.7 Å². The molecule has 0 fully saturated rings. The van der Waals surface area contributed by atoms with Crippen LogP contribution in [0.3, 0.4) is 0 Å². The standard InChI is InChI=1S/C10H8ClF3O2/c11-9-6-8(16-10(12,13)14)4-3-7(9)2-1-5-15/h1-4,6,15H,5H2/b2-1+. The Labute approximate surface area is 94.9 Å². The van der Waals surface area contributed by atoms with Gasteiger partial charge in [0.15, 0.2) is 0 Å². The molecule has 0 aliphatic carbocycles. The van der Waals surface area contributed by atoms with Crippen molar-refractivity contribution in [3.63, 3.8) is 0 Å². The Balaban J connectivity index is 2.87. The Kier molecular flexibility index (Phi) is 4.20. The maximum atomic E-state index is 11.9. The van der Waals surface area contributed by atoms with Crippen molar-refractivity contribution in [2.45, 2.75) is 6.36 Å². The van der Waals surface area contributed by atoms with Crippen molar-refractivity contribution < 1.29 is 23.0 Å². The van der Waals surface area contributed by atoms with Gasteiger partial charge in [0.1, 0.15) is 5.75 Å². The molecular formula is C10H8ClF3O2. The number of aliphatic hydroxyl groups excluding tert-OH is 1. The van der Waals surface area contributed by atoms with Crippen LogP contribution in [0.15, 0.2) is 24.3 Å². The van der Waals surface area contributed by atoms with Crippen molar-refractivity contribution in [2.24, 2.45) is 0 Å². The first-order chi connectivity index (χ1) is 7.42. The summed E-state index contributed by atoms with van der Waals surface area (Å²) in [5.41, 5.74) is 0.505. The highest BCUT2D eigenvalue weighted by molar-refractivity contribution is 6.32. The van der Waals surface area contributed by atoms with Crippen molar-refractivity contribution >= 4 is 17.7 Å². The van der Waals surface area contributed by atoms with Crippen LogP contribution in [0, 0.1) is 0 Å². The van der Waals surface area contributed by atoms with Crippen molar-refractivity contribution in [1.29, 1.82) is 0 Å². The van der Waals surface area contributed by atoms with E-state index in [1.807, 2.05) is 0 Å². The van der Waals surface area contributed by atoms with Crippen LogP contribution < -0.4 is 4.74 Å². The highest BCUT2D eigenvalue weighted by atomic mass is 35.5. The first-order valence-corrected chi connectivity index (χ1v) is 4.63. The Morgan fingerprint density at radius 2 is 2.06 bits per heavy atom. The highest BCUT2D eigenvalue weighted by Crippen LogP contribution is 2.28. The molecule has 1 rings (SSSR count). The lowest BCUT2D eigenvalue weighted by Gasteiger charge is -2.09. The summed E-state index contributed by atoms with van der Waals surface area (Å²) in [5, 5.41) is 8.64. The van der Waals surface area contributed by atoms with Gasteiger partial charge in [-0.25, -0.2) is 0 Å². The number of alkyl halides is 3. The van der Waals surface area contributed by atoms with Crippen LogP contribution >= 0.6 is 11.6 Å². The number of halogens is 4. The molecule has 6 heteroatoms. The number of ether oxygens (including phenoxy) is 1. The molecule has 0 amide bonds. The minimum absolute atomic E-state index is 0.117. The molecule has 0 saturated carbocycles. The molecule has 0 aliphatic rings. The van der Waals surface area contributed by atoms with Crippen molar-refractivity contribution in [1.82, 2.24) is 0 Å². The molecule has 0 radical (unpaired) electrons. The number of benzene rings is 1. The van der Waals surface area contributed by atoms with E-state index >= 15 is 0 Å². The molecule has 2 nitrogen and oxygen atoms in total. The minimum atomic E-state index is -4.73. The number of hydrogen-bond donors (Lipinski definition) is 1. The Bertz CT molecular complexity index is 388. The third-order valence-corrected chi connectivity index (χ3v) is 1.94. The summed E-state index contributed by atoms with van der Waals surface area (Å²) in [6.45, 7) is -0.170. The second kappa shape index (κ2) is 5.23. The molecule has 1 aromatic rings. The van der Waals surface area contributed by atoms with Gasteiger partial charge in [-0.05, 0) is 23.8 Å². The predicted molar refractivity (Wildman–Crippen MR) is 54.3 cm³/mol. The highest BCUT2D eigenvalue weighted by Gasteiger charge is 2.31. The second-order valence-electron chi connectivity index (χ2n) is 2.82. The summed E-state index contributed by atoms with van der Waals surface area (Å²) in [6, 6.07) is 3.58. The molecule has 88 valence electrons. The van der Waals surface area contributed by atoms with Gasteiger partial charge in [-0.2, -0.15) is 0 Å². The molecular weight excluding hydrogens is 245 g/mol. The SMILES string of the molecule is OC/C=C/c1ccc(OC(F)(F)F)cc1Cl. The van der Waals surface area contributed by atoms with E-state index in [0.717, 1.165) is 12.1 Å². The summed E-state index contributed by atoms with van der Waals surface area (Å²) in [4.78, 5) is 0. The zero-order chi connectivity index (χ0) is 12.2. The van der Waals surface area contributed by atoms with Crippen LogP contribution in [0.2, 0.25) is 5.02 Å². The van der Waals surface area contributed by atoms with Gasteiger partial charge in [-0.15, -0.1) is 13.2 Å². The molecule has 16 heavy (non-hydrogen) atoms. The number of hydrogen-bond acceptors (Lipinski definition) is 2. The molecule has 0 bridgehead atoms. The van der Waals surface area contributed by atoms with Crippen LogP contribution in [-0.2, 0) is 0 Å². The van der Waals surface area contributed by atoms with E-state index in [1.54, 1.807) is 0 Å². The monoisotopic (exact) mass is 252 g/mol. The van der Waals surface area contributed by atoms with Crippen molar-refractivity contribution in [2.75, 3.05) is 6.61 Å². The van der Waals surface area contributed by atoms with Crippen LogP contribution in [0.25, 0.3) is 6.08 Å². The molecule has 0 spiro atoms. The van der Waals surface area contributed by atoms with Crippen LogP contribution in [-0.4, -0.2) is 18.1 Å². The summed E-state index contributed by atoms with van der Waals surface area (Å²) < 4.78 is 39.3. The fourth-order valence-electron chi connectivity index (χ4n) is 1.02. The number of aliphatic hydroxyl groups is 1. The van der Waals surface area contributed by atoms with Crippen molar-refractivity contribution in [3.05, 3.63) is 34.9 Å². The molecule has 0 heterocycles. The zero-order valence-electron chi connectivity index (χ0n) is 7.96. The van der Waals surface area contributed by atoms with Gasteiger partial charge in [0.25, 0.3) is 0 Å². The molecule has 0 aliphatic heterocycles. The average Bonchev–Trinajstić information content (AvgIpc) is 2.14. The Hall–Kier alpha value is -1.20. The Morgan fingerprint density at radius 3 is 2.56 bits per heavy atom. The fraction of sp³-hybridized carbons (Fsp3) is 0.200. The summed E-state index contributed by atoms with van der Waals surface area (Å²) in [5.74, 6) is -0.376. The third kappa shape index (κ3) is 4.12. The third-order valence-electron chi connectivity index (χ3n) is 1.61. The second-order valence-corrected chi connectivity index (χ2v) is 3.22. The molecule has 1 aromatic carbocycles. The molecule has 0 saturated heterocycles. The first-order valence-electron chi connectivity index (χ1n) is 4.25. The topological polar surface area (TPSA) is 29.5 Å². The lowest BCUT2D eigenvalue weighted by atomic mass is 10.2. The van der Waals surface area contributed by atoms with E-state index < -0.39 is 6.36 Å². The maximum absolute atomic E-state index is 11.9. The first kappa shape index (κ1) is 12.9. The average molecular weight is 253 g/mol. The summed E-state index contributed by atoms with van der Waals surface area (Å²) in [6.07, 6.45) is -1.81. The molecule has 0 unspecified atom stereocenters.